The summed E-state index contributed by atoms with van der Waals surface area (Å²) in [7, 11) is -7.49. The van der Waals surface area contributed by atoms with Crippen LogP contribution in [-0.4, -0.2) is 43.8 Å². The number of hydrogen-bond donors (Lipinski definition) is 5. The first-order valence-corrected chi connectivity index (χ1v) is 22.6. The van der Waals surface area contributed by atoms with Crippen LogP contribution in [0, 0.1) is 11.6 Å². The van der Waals surface area contributed by atoms with Crippen molar-refractivity contribution in [3.63, 3.8) is 0 Å². The number of hydrogen-bond acceptors (Lipinski definition) is 11. The van der Waals surface area contributed by atoms with Gasteiger partial charge < -0.3 is 25.6 Å². The minimum absolute atomic E-state index is 0.00543. The van der Waals surface area contributed by atoms with Crippen LogP contribution in [-0.2, 0) is 20.0 Å². The third-order valence-electron chi connectivity index (χ3n) is 8.96. The number of ether oxygens (including phenoxy) is 2. The Morgan fingerprint density at radius 3 is 1.31 bits per heavy atom. The molecule has 0 saturated carbocycles. The zero-order valence-electron chi connectivity index (χ0n) is 34.7. The fourth-order valence-corrected chi connectivity index (χ4v) is 6.87. The van der Waals surface area contributed by atoms with Crippen LogP contribution in [0.25, 0.3) is 22.5 Å². The van der Waals surface area contributed by atoms with Crippen molar-refractivity contribution in [1.82, 2.24) is 9.97 Å². The summed E-state index contributed by atoms with van der Waals surface area (Å²) in [6.07, 6.45) is 0. The summed E-state index contributed by atoms with van der Waals surface area (Å²) in [4.78, 5) is 32.0. The monoisotopic (exact) mass is 944 g/mol. The molecule has 8 aromatic rings. The predicted molar refractivity (Wildman–Crippen MR) is 247 cm³/mol. The van der Waals surface area contributed by atoms with Gasteiger partial charge in [-0.15, -0.1) is 0 Å². The fraction of sp³-hybridized carbons (Fsp3) is 0. The minimum atomic E-state index is -3.89. The maximum absolute atomic E-state index is 13.0. The molecule has 0 atom stereocenters. The number of pyridine rings is 2. The lowest BCUT2D eigenvalue weighted by molar-refractivity contribution is 0.0690. The third kappa shape index (κ3) is 14.3. The Labute approximate surface area is 383 Å². The summed E-state index contributed by atoms with van der Waals surface area (Å²) in [6, 6.07) is 46.9. The number of primary sulfonamides is 2. The first kappa shape index (κ1) is 48.1. The molecule has 1 amide bonds. The van der Waals surface area contributed by atoms with E-state index < -0.39 is 31.9 Å². The van der Waals surface area contributed by atoms with Gasteiger partial charge in [0.1, 0.15) is 46.0 Å². The lowest BCUT2D eigenvalue weighted by Gasteiger charge is -2.09. The number of nitrogens with zero attached hydrogens (tertiary/aromatic N) is 2. The molecule has 0 fully saturated rings. The number of aromatic carboxylic acids is 1. The van der Waals surface area contributed by atoms with Crippen molar-refractivity contribution in [2.24, 2.45) is 10.3 Å². The Morgan fingerprint density at radius 1 is 0.507 bits per heavy atom. The first-order valence-electron chi connectivity index (χ1n) is 19.5. The van der Waals surface area contributed by atoms with E-state index in [1.807, 2.05) is 0 Å². The number of rotatable bonds is 11. The lowest BCUT2D eigenvalue weighted by atomic mass is 10.1. The molecule has 8 rings (SSSR count). The van der Waals surface area contributed by atoms with Crippen LogP contribution in [0.15, 0.2) is 192 Å². The van der Waals surface area contributed by atoms with E-state index in [0.29, 0.717) is 40.1 Å². The molecule has 0 unspecified atom stereocenters. The van der Waals surface area contributed by atoms with Crippen LogP contribution in [0.3, 0.4) is 0 Å². The van der Waals surface area contributed by atoms with Gasteiger partial charge in [-0.05, 0) is 158 Å². The van der Waals surface area contributed by atoms with E-state index in [2.05, 4.69) is 15.3 Å². The van der Waals surface area contributed by atoms with E-state index in [9.17, 15) is 35.2 Å². The van der Waals surface area contributed by atoms with Crippen LogP contribution >= 0.6 is 0 Å². The van der Waals surface area contributed by atoms with Crippen molar-refractivity contribution in [3.05, 3.63) is 205 Å². The zero-order valence-corrected chi connectivity index (χ0v) is 36.4. The van der Waals surface area contributed by atoms with E-state index in [4.69, 9.17) is 30.6 Å². The van der Waals surface area contributed by atoms with Crippen molar-refractivity contribution < 1.29 is 49.8 Å². The number of carboxylic acids is 1. The van der Waals surface area contributed by atoms with Gasteiger partial charge in [0.2, 0.25) is 20.0 Å². The van der Waals surface area contributed by atoms with Gasteiger partial charge in [-0.1, -0.05) is 24.3 Å². The Balaban J connectivity index is 0.000000188. The molecule has 15 nitrogen and oxygen atoms in total. The van der Waals surface area contributed by atoms with E-state index >= 15 is 0 Å². The number of benzene rings is 6. The summed E-state index contributed by atoms with van der Waals surface area (Å²) in [5.74, 6) is -0.0361. The number of aromatic nitrogens is 2. The first-order chi connectivity index (χ1) is 31.9. The van der Waals surface area contributed by atoms with Crippen LogP contribution in [0.5, 0.6) is 23.0 Å². The van der Waals surface area contributed by atoms with Crippen LogP contribution in [0.1, 0.15) is 21.0 Å². The number of anilines is 2. The van der Waals surface area contributed by atoms with E-state index in [0.717, 1.165) is 11.1 Å². The van der Waals surface area contributed by atoms with Crippen molar-refractivity contribution in [2.75, 3.05) is 11.1 Å². The van der Waals surface area contributed by atoms with Gasteiger partial charge in [0.25, 0.3) is 5.91 Å². The van der Waals surface area contributed by atoms with Gasteiger partial charge in [0.05, 0.1) is 21.2 Å². The fourth-order valence-electron chi connectivity index (χ4n) is 5.74. The van der Waals surface area contributed by atoms with E-state index in [-0.39, 0.29) is 38.5 Å². The van der Waals surface area contributed by atoms with Gasteiger partial charge in [-0.3, -0.25) is 4.79 Å². The second kappa shape index (κ2) is 21.5. The molecule has 19 heteroatoms. The summed E-state index contributed by atoms with van der Waals surface area (Å²) >= 11 is 0. The molecular formula is C48H38F2N6O9S2. The second-order valence-electron chi connectivity index (χ2n) is 13.9. The summed E-state index contributed by atoms with van der Waals surface area (Å²) < 4.78 is 81.6. The van der Waals surface area contributed by atoms with Crippen LogP contribution in [0.2, 0.25) is 0 Å². The van der Waals surface area contributed by atoms with E-state index in [1.54, 1.807) is 103 Å². The van der Waals surface area contributed by atoms with Crippen molar-refractivity contribution in [3.8, 4) is 45.5 Å². The second-order valence-corrected chi connectivity index (χ2v) is 17.0. The summed E-state index contributed by atoms with van der Waals surface area (Å²) in [6.45, 7) is 0. The van der Waals surface area contributed by atoms with Gasteiger partial charge in [-0.2, -0.15) is 0 Å². The van der Waals surface area contributed by atoms with Crippen molar-refractivity contribution in [1.29, 1.82) is 0 Å². The normalized spacial score (nSPS) is 10.9. The number of nitrogen functional groups attached to an aromatic ring is 1. The van der Waals surface area contributed by atoms with Gasteiger partial charge in [0.15, 0.2) is 0 Å². The highest BCUT2D eigenvalue weighted by atomic mass is 32.2. The SMILES string of the molecule is NS(=O)(=O)c1cccc(NC(=O)c2cccc(-c3ccc(Oc4ccc(F)cc4)cc3)n2)c1.Nc1cccc(S(N)(=O)=O)c1.O=C(O)c1cccc(-c2ccc(Oc3ccc(F)cc3)cc2)n1. The number of nitrogens with two attached hydrogens (primary N) is 3. The molecule has 67 heavy (non-hydrogen) atoms. The zero-order chi connectivity index (χ0) is 48.1. The number of nitrogens with one attached hydrogen (secondary N) is 1. The Kier molecular flexibility index (Phi) is 15.5. The molecule has 340 valence electrons. The molecule has 0 spiro atoms. The van der Waals surface area contributed by atoms with Gasteiger partial charge in [0, 0.05) is 22.5 Å². The van der Waals surface area contributed by atoms with Crippen molar-refractivity contribution in [2.45, 2.75) is 9.79 Å². The highest BCUT2D eigenvalue weighted by Crippen LogP contribution is 2.27. The average molecular weight is 945 g/mol. The third-order valence-corrected chi connectivity index (χ3v) is 10.8. The Hall–Kier alpha value is -8.36. The molecule has 0 saturated heterocycles. The molecule has 2 aromatic heterocycles. The Morgan fingerprint density at radius 2 is 0.896 bits per heavy atom. The largest absolute Gasteiger partial charge is 0.477 e. The molecule has 6 aromatic carbocycles. The maximum atomic E-state index is 13.0. The summed E-state index contributed by atoms with van der Waals surface area (Å²) in [5.41, 5.74) is 8.81. The standard InChI is InChI=1S/C24H18FN3O4S.C18H12FNO3.C6H8N2O2S/c25-17-9-13-20(14-10-17)32-19-11-7-16(8-12-19)22-5-2-6-23(28-22)24(29)27-18-3-1-4-21(15-18)33(26,30)31;19-13-6-10-15(11-7-13)23-14-8-4-12(5-9-14)16-2-1-3-17(20-16)18(21)22;7-5-2-1-3-6(4-5)11(8,9)10/h1-15H,(H,27,29)(H2,26,30,31);1-11H,(H,21,22);1-4H,7H2,(H2,8,9,10). The average Bonchev–Trinajstić information content (AvgIpc) is 3.31. The number of carboxylic acid groups (broad SMARTS) is 1. The lowest BCUT2D eigenvalue weighted by Crippen LogP contribution is -2.15. The molecule has 8 N–H and O–H groups in total. The number of carbonyl (C=O) groups is 2. The molecule has 0 bridgehead atoms. The number of halogens is 2. The van der Waals surface area contributed by atoms with Crippen LogP contribution in [0.4, 0.5) is 20.2 Å². The quantitative estimate of drug-likeness (QED) is 0.0762. The molecule has 0 aliphatic rings. The molecule has 2 heterocycles. The molecule has 0 aliphatic carbocycles. The number of carbonyl (C=O) groups excluding carboxylic acids is 1. The van der Waals surface area contributed by atoms with Gasteiger partial charge in [-0.25, -0.2) is 50.7 Å². The molecule has 0 aliphatic heterocycles. The summed E-state index contributed by atoms with van der Waals surface area (Å²) in [5, 5.41) is 21.6. The maximum Gasteiger partial charge on any atom is 0.354 e. The predicted octanol–water partition coefficient (Wildman–Crippen LogP) is 8.87. The minimum Gasteiger partial charge on any atom is -0.477 e. The topological polar surface area (TPSA) is 257 Å². The molecule has 0 radical (unpaired) electrons. The number of sulfonamides is 2. The van der Waals surface area contributed by atoms with Crippen molar-refractivity contribution >= 4 is 43.3 Å². The van der Waals surface area contributed by atoms with E-state index in [1.165, 1.54) is 78.9 Å². The Bertz CT molecular complexity index is 3240. The highest BCUT2D eigenvalue weighted by Gasteiger charge is 2.13. The highest BCUT2D eigenvalue weighted by molar-refractivity contribution is 7.89. The van der Waals surface area contributed by atoms with Gasteiger partial charge >= 0.3 is 5.97 Å². The number of amides is 1. The van der Waals surface area contributed by atoms with Crippen LogP contribution < -0.4 is 30.8 Å². The molecular weight excluding hydrogens is 907 g/mol. The smallest absolute Gasteiger partial charge is 0.354 e.